The Labute approximate surface area is 126 Å². The van der Waals surface area contributed by atoms with Gasteiger partial charge in [-0.1, -0.05) is 0 Å². The van der Waals surface area contributed by atoms with Gasteiger partial charge in [-0.25, -0.2) is 4.79 Å². The van der Waals surface area contributed by atoms with E-state index in [0.29, 0.717) is 24.4 Å². The molecule has 1 atom stereocenters. The number of nitrogens with zero attached hydrogens (tertiary/aromatic N) is 1. The first-order valence-corrected chi connectivity index (χ1v) is 7.59. The van der Waals surface area contributed by atoms with Crippen molar-refractivity contribution in [3.8, 4) is 0 Å². The van der Waals surface area contributed by atoms with Gasteiger partial charge in [0.1, 0.15) is 4.88 Å². The average Bonchev–Trinajstić information content (AvgIpc) is 2.91. The molecule has 2 N–H and O–H groups in total. The van der Waals surface area contributed by atoms with E-state index in [9.17, 15) is 14.4 Å². The lowest BCUT2D eigenvalue weighted by atomic mass is 9.97. The third-order valence-corrected chi connectivity index (χ3v) is 4.43. The molecule has 2 rings (SSSR count). The number of nitrogens with two attached hydrogens (primary N) is 1. The van der Waals surface area contributed by atoms with E-state index in [1.54, 1.807) is 6.07 Å². The number of carbonyl (C=O) groups excluding carboxylic acids is 3. The quantitative estimate of drug-likeness (QED) is 0.838. The van der Waals surface area contributed by atoms with Crippen LogP contribution in [0.25, 0.3) is 0 Å². The Bertz CT molecular complexity index is 555. The topological polar surface area (TPSA) is 89.7 Å². The van der Waals surface area contributed by atoms with Crippen molar-refractivity contribution in [1.29, 1.82) is 0 Å². The Morgan fingerprint density at radius 1 is 1.43 bits per heavy atom. The highest BCUT2D eigenvalue weighted by Gasteiger charge is 2.27. The molecule has 1 saturated heterocycles. The minimum Gasteiger partial charge on any atom is -0.451 e. The molecule has 0 aliphatic carbocycles. The first-order valence-electron chi connectivity index (χ1n) is 6.78. The van der Waals surface area contributed by atoms with Gasteiger partial charge < -0.3 is 15.4 Å². The zero-order chi connectivity index (χ0) is 15.4. The number of thiophene rings is 1. The van der Waals surface area contributed by atoms with Crippen molar-refractivity contribution >= 4 is 29.1 Å². The van der Waals surface area contributed by atoms with E-state index in [2.05, 4.69) is 0 Å². The highest BCUT2D eigenvalue weighted by atomic mass is 32.1. The molecule has 2 heterocycles. The van der Waals surface area contributed by atoms with Crippen LogP contribution in [0, 0.1) is 12.8 Å². The normalized spacial score (nSPS) is 18.3. The minimum absolute atomic E-state index is 0.289. The molecule has 0 spiro atoms. The molecule has 0 radical (unpaired) electrons. The van der Waals surface area contributed by atoms with Crippen LogP contribution in [0.4, 0.5) is 0 Å². The number of hydrogen-bond donors (Lipinski definition) is 1. The largest absolute Gasteiger partial charge is 0.451 e. The average molecular weight is 310 g/mol. The second-order valence-corrected chi connectivity index (χ2v) is 6.36. The number of aryl methyl sites for hydroxylation is 1. The van der Waals surface area contributed by atoms with Gasteiger partial charge in [-0.3, -0.25) is 9.59 Å². The van der Waals surface area contributed by atoms with Crippen molar-refractivity contribution in [3.05, 3.63) is 21.9 Å². The molecule has 0 saturated carbocycles. The maximum absolute atomic E-state index is 12.0. The Hall–Kier alpha value is -1.89. The summed E-state index contributed by atoms with van der Waals surface area (Å²) in [6.07, 6.45) is 1.44. The number of piperidine rings is 1. The van der Waals surface area contributed by atoms with Gasteiger partial charge in [-0.05, 0) is 31.9 Å². The van der Waals surface area contributed by atoms with Gasteiger partial charge in [0.25, 0.3) is 5.91 Å². The van der Waals surface area contributed by atoms with Gasteiger partial charge in [0, 0.05) is 18.0 Å². The monoisotopic (exact) mass is 310 g/mol. The predicted octanol–water partition coefficient (Wildman–Crippen LogP) is 0.937. The lowest BCUT2D eigenvalue weighted by Gasteiger charge is -2.30. The first kappa shape index (κ1) is 15.5. The van der Waals surface area contributed by atoms with E-state index < -0.39 is 11.9 Å². The lowest BCUT2D eigenvalue weighted by Crippen LogP contribution is -2.45. The van der Waals surface area contributed by atoms with Gasteiger partial charge in [0.15, 0.2) is 6.61 Å². The number of ether oxygens (including phenoxy) is 1. The number of rotatable bonds is 4. The number of amides is 2. The summed E-state index contributed by atoms with van der Waals surface area (Å²) in [5, 5.41) is 0. The minimum atomic E-state index is -0.495. The highest BCUT2D eigenvalue weighted by molar-refractivity contribution is 7.13. The fraction of sp³-hybridized carbons (Fsp3) is 0.500. The van der Waals surface area contributed by atoms with E-state index >= 15 is 0 Å². The van der Waals surface area contributed by atoms with Gasteiger partial charge >= 0.3 is 5.97 Å². The van der Waals surface area contributed by atoms with E-state index in [-0.39, 0.29) is 18.4 Å². The number of esters is 1. The van der Waals surface area contributed by atoms with Gasteiger partial charge in [-0.15, -0.1) is 11.3 Å². The molecule has 1 aliphatic heterocycles. The van der Waals surface area contributed by atoms with Crippen LogP contribution in [0.5, 0.6) is 0 Å². The second kappa shape index (κ2) is 6.71. The fourth-order valence-electron chi connectivity index (χ4n) is 2.27. The second-order valence-electron chi connectivity index (χ2n) is 5.07. The number of hydrogen-bond acceptors (Lipinski definition) is 5. The maximum Gasteiger partial charge on any atom is 0.348 e. The van der Waals surface area contributed by atoms with Crippen molar-refractivity contribution in [3.63, 3.8) is 0 Å². The molecule has 1 aromatic heterocycles. The Morgan fingerprint density at radius 2 is 2.19 bits per heavy atom. The summed E-state index contributed by atoms with van der Waals surface area (Å²) in [5.74, 6) is -1.48. The first-order chi connectivity index (χ1) is 9.97. The molecular formula is C14H18N2O4S. The van der Waals surface area contributed by atoms with E-state index in [1.165, 1.54) is 16.2 Å². The molecule has 6 nitrogen and oxygen atoms in total. The molecule has 1 fully saturated rings. The van der Waals surface area contributed by atoms with Crippen LogP contribution >= 0.6 is 11.3 Å². The number of likely N-dealkylation sites (tertiary alicyclic amines) is 1. The molecule has 21 heavy (non-hydrogen) atoms. The molecule has 0 bridgehead atoms. The highest BCUT2D eigenvalue weighted by Crippen LogP contribution is 2.18. The third kappa shape index (κ3) is 4.04. The van der Waals surface area contributed by atoms with Gasteiger partial charge in [-0.2, -0.15) is 0 Å². The van der Waals surface area contributed by atoms with Crippen LogP contribution in [0.15, 0.2) is 12.1 Å². The molecule has 0 aromatic carbocycles. The van der Waals surface area contributed by atoms with Gasteiger partial charge in [0.05, 0.1) is 5.92 Å². The summed E-state index contributed by atoms with van der Waals surface area (Å²) in [7, 11) is 0. The summed E-state index contributed by atoms with van der Waals surface area (Å²) >= 11 is 1.33. The number of primary amides is 1. The fourth-order valence-corrected chi connectivity index (χ4v) is 3.03. The van der Waals surface area contributed by atoms with E-state index in [4.69, 9.17) is 10.5 Å². The molecule has 1 aromatic rings. The lowest BCUT2D eigenvalue weighted by molar-refractivity contribution is -0.137. The Kier molecular flexibility index (Phi) is 4.95. The summed E-state index contributed by atoms with van der Waals surface area (Å²) in [5.41, 5.74) is 5.27. The van der Waals surface area contributed by atoms with Crippen LogP contribution in [0.1, 0.15) is 27.4 Å². The van der Waals surface area contributed by atoms with Crippen molar-refractivity contribution in [2.45, 2.75) is 19.8 Å². The predicted molar refractivity (Wildman–Crippen MR) is 77.8 cm³/mol. The summed E-state index contributed by atoms with van der Waals surface area (Å²) < 4.78 is 5.02. The van der Waals surface area contributed by atoms with Crippen LogP contribution in [0.2, 0.25) is 0 Å². The molecular weight excluding hydrogens is 292 g/mol. The Balaban J connectivity index is 1.84. The molecule has 7 heteroatoms. The maximum atomic E-state index is 12.0. The molecule has 0 unspecified atom stereocenters. The zero-order valence-electron chi connectivity index (χ0n) is 11.8. The van der Waals surface area contributed by atoms with Gasteiger partial charge in [0.2, 0.25) is 5.91 Å². The number of carbonyl (C=O) groups is 3. The zero-order valence-corrected chi connectivity index (χ0v) is 12.6. The van der Waals surface area contributed by atoms with Crippen molar-refractivity contribution in [2.75, 3.05) is 19.7 Å². The molecule has 2 amide bonds. The summed E-state index contributed by atoms with van der Waals surface area (Å²) in [6.45, 7) is 2.47. The summed E-state index contributed by atoms with van der Waals surface area (Å²) in [4.78, 5) is 38.0. The van der Waals surface area contributed by atoms with Crippen LogP contribution < -0.4 is 5.73 Å². The van der Waals surface area contributed by atoms with E-state index in [0.717, 1.165) is 11.3 Å². The van der Waals surface area contributed by atoms with Crippen LogP contribution in [0.3, 0.4) is 0 Å². The van der Waals surface area contributed by atoms with Crippen LogP contribution in [-0.2, 0) is 14.3 Å². The molecule has 1 aliphatic rings. The van der Waals surface area contributed by atoms with Crippen molar-refractivity contribution in [1.82, 2.24) is 4.90 Å². The third-order valence-electron chi connectivity index (χ3n) is 3.44. The smallest absolute Gasteiger partial charge is 0.348 e. The van der Waals surface area contributed by atoms with Crippen LogP contribution in [-0.4, -0.2) is 42.4 Å². The summed E-state index contributed by atoms with van der Waals surface area (Å²) in [6, 6.07) is 3.50. The Morgan fingerprint density at radius 3 is 2.81 bits per heavy atom. The van der Waals surface area contributed by atoms with E-state index in [1.807, 2.05) is 13.0 Å². The van der Waals surface area contributed by atoms with Crippen molar-refractivity contribution in [2.24, 2.45) is 11.7 Å². The SMILES string of the molecule is Cc1ccc(C(=O)OCC(=O)N2CCC[C@@H](C(N)=O)C2)s1. The molecule has 114 valence electrons. The standard InChI is InChI=1S/C14H18N2O4S/c1-9-4-5-11(21-9)14(19)20-8-12(17)16-6-2-3-10(7-16)13(15)18/h4-5,10H,2-3,6-8H2,1H3,(H2,15,18)/t10-/m1/s1. The van der Waals surface area contributed by atoms with Crippen molar-refractivity contribution < 1.29 is 19.1 Å².